The van der Waals surface area contributed by atoms with Crippen LogP contribution in [0.2, 0.25) is 0 Å². The predicted molar refractivity (Wildman–Crippen MR) is 153 cm³/mol. The number of nitrogens with two attached hydrogens (primary N) is 2. The first-order chi connectivity index (χ1) is 19.6. The highest BCUT2D eigenvalue weighted by atomic mass is 32.2. The maximum atomic E-state index is 13.5. The molecule has 4 unspecified atom stereocenters. The van der Waals surface area contributed by atoms with E-state index in [0.29, 0.717) is 23.4 Å². The Morgan fingerprint density at radius 1 is 0.976 bits per heavy atom. The third kappa shape index (κ3) is 9.08. The largest absolute Gasteiger partial charge is 0.480 e. The summed E-state index contributed by atoms with van der Waals surface area (Å²) in [7, 11) is 0. The summed E-state index contributed by atoms with van der Waals surface area (Å²) in [5.41, 5.74) is 13.2. The van der Waals surface area contributed by atoms with Crippen LogP contribution in [0.5, 0.6) is 0 Å². The quantitative estimate of drug-likeness (QED) is 0.104. The number of fused-ring (bicyclic) bond motifs is 1. The molecule has 0 saturated heterocycles. The topological polar surface area (TPSA) is 238 Å². The number of H-pyrrole nitrogens is 2. The molecular formula is C26H34N8O6S. The molecule has 3 rings (SSSR count). The van der Waals surface area contributed by atoms with Crippen molar-refractivity contribution in [3.05, 3.63) is 54.2 Å². The molecule has 0 aliphatic carbocycles. The Morgan fingerprint density at radius 3 is 2.32 bits per heavy atom. The molecule has 10 N–H and O–H groups in total. The van der Waals surface area contributed by atoms with Gasteiger partial charge < -0.3 is 42.5 Å². The number of aromatic nitrogens is 3. The first kappa shape index (κ1) is 31.2. The number of hydrogen-bond donors (Lipinski definition) is 8. The fourth-order valence-corrected chi connectivity index (χ4v) is 4.65. The van der Waals surface area contributed by atoms with E-state index in [1.165, 1.54) is 24.3 Å². The van der Waals surface area contributed by atoms with Gasteiger partial charge in [0.1, 0.15) is 18.1 Å². The van der Waals surface area contributed by atoms with Crippen molar-refractivity contribution < 1.29 is 29.1 Å². The fourth-order valence-electron chi connectivity index (χ4n) is 4.16. The number of nitrogens with one attached hydrogen (secondary N) is 5. The van der Waals surface area contributed by atoms with E-state index in [9.17, 15) is 29.1 Å². The first-order valence-electron chi connectivity index (χ1n) is 12.8. The summed E-state index contributed by atoms with van der Waals surface area (Å²) in [5.74, 6) is -3.82. The molecule has 0 aliphatic rings. The average molecular weight is 587 g/mol. The van der Waals surface area contributed by atoms with Gasteiger partial charge in [-0.2, -0.15) is 11.8 Å². The standard InChI is InChI=1S/C26H34N8O6S/c1-41-7-6-17(27)23(36)32-20(10-22(28)35)25(38)33-19(8-14-11-30-18-5-3-2-4-16(14)18)24(37)34-21(26(39)40)9-15-12-29-13-31-15/h2-5,11-13,17,19-21,30H,6-10,27H2,1H3,(H2,28,35)(H,29,31)(H,32,36)(H,33,38)(H,34,37)(H,39,40). The number of carboxylic acids is 1. The summed E-state index contributed by atoms with van der Waals surface area (Å²) in [6.45, 7) is 0. The predicted octanol–water partition coefficient (Wildman–Crippen LogP) is -0.829. The number of thioether (sulfide) groups is 1. The summed E-state index contributed by atoms with van der Waals surface area (Å²) in [6, 6.07) is 2.40. The molecule has 0 saturated carbocycles. The number of nitrogens with zero attached hydrogens (tertiary/aromatic N) is 1. The second-order valence-corrected chi connectivity index (χ2v) is 10.4. The Bertz CT molecular complexity index is 1360. The molecule has 41 heavy (non-hydrogen) atoms. The average Bonchev–Trinajstić information content (AvgIpc) is 3.60. The molecule has 14 nitrogen and oxygen atoms in total. The lowest BCUT2D eigenvalue weighted by Crippen LogP contribution is -2.58. The molecule has 4 amide bonds. The van der Waals surface area contributed by atoms with Gasteiger partial charge >= 0.3 is 5.97 Å². The van der Waals surface area contributed by atoms with Crippen LogP contribution in [0.4, 0.5) is 0 Å². The van der Waals surface area contributed by atoms with Crippen LogP contribution < -0.4 is 27.4 Å². The zero-order valence-corrected chi connectivity index (χ0v) is 23.2. The van der Waals surface area contributed by atoms with Gasteiger partial charge in [-0.1, -0.05) is 18.2 Å². The highest BCUT2D eigenvalue weighted by Crippen LogP contribution is 2.19. The van der Waals surface area contributed by atoms with Crippen molar-refractivity contribution in [2.24, 2.45) is 11.5 Å². The SMILES string of the molecule is CSCCC(N)C(=O)NC(CC(N)=O)C(=O)NC(Cc1c[nH]c2ccccc12)C(=O)NC(Cc1cnc[nH]1)C(=O)O. The van der Waals surface area contributed by atoms with Crippen LogP contribution in [0.1, 0.15) is 24.1 Å². The second-order valence-electron chi connectivity index (χ2n) is 9.42. The van der Waals surface area contributed by atoms with E-state index in [-0.39, 0.29) is 12.8 Å². The molecular weight excluding hydrogens is 552 g/mol. The van der Waals surface area contributed by atoms with Crippen molar-refractivity contribution in [2.75, 3.05) is 12.0 Å². The Balaban J connectivity index is 1.84. The van der Waals surface area contributed by atoms with Crippen LogP contribution in [0.3, 0.4) is 0 Å². The number of benzene rings is 1. The van der Waals surface area contributed by atoms with Gasteiger partial charge in [0.15, 0.2) is 0 Å². The van der Waals surface area contributed by atoms with Crippen molar-refractivity contribution in [1.82, 2.24) is 30.9 Å². The van der Waals surface area contributed by atoms with E-state index in [4.69, 9.17) is 11.5 Å². The van der Waals surface area contributed by atoms with Gasteiger partial charge in [0.05, 0.1) is 18.8 Å². The highest BCUT2D eigenvalue weighted by molar-refractivity contribution is 7.98. The minimum absolute atomic E-state index is 0.0253. The first-order valence-corrected chi connectivity index (χ1v) is 14.2. The second kappa shape index (κ2) is 14.9. The van der Waals surface area contributed by atoms with Crippen LogP contribution in [-0.2, 0) is 36.8 Å². The van der Waals surface area contributed by atoms with Gasteiger partial charge in [-0.15, -0.1) is 0 Å². The summed E-state index contributed by atoms with van der Waals surface area (Å²) >= 11 is 1.50. The number of primary amides is 1. The number of carbonyl (C=O) groups excluding carboxylic acids is 4. The van der Waals surface area contributed by atoms with Gasteiger partial charge in [0, 0.05) is 41.8 Å². The number of carboxylic acid groups (broad SMARTS) is 1. The lowest BCUT2D eigenvalue weighted by Gasteiger charge is -2.25. The molecule has 0 fully saturated rings. The van der Waals surface area contributed by atoms with Gasteiger partial charge in [-0.3, -0.25) is 19.2 Å². The molecule has 2 heterocycles. The van der Waals surface area contributed by atoms with Crippen molar-refractivity contribution in [3.63, 3.8) is 0 Å². The number of aliphatic carboxylic acids is 1. The van der Waals surface area contributed by atoms with E-state index in [1.54, 1.807) is 6.20 Å². The zero-order chi connectivity index (χ0) is 29.9. The Morgan fingerprint density at radius 2 is 1.66 bits per heavy atom. The van der Waals surface area contributed by atoms with Gasteiger partial charge in [0.25, 0.3) is 0 Å². The number of amides is 4. The lowest BCUT2D eigenvalue weighted by atomic mass is 10.0. The van der Waals surface area contributed by atoms with E-state index in [0.717, 1.165) is 10.9 Å². The third-order valence-corrected chi connectivity index (χ3v) is 6.98. The highest BCUT2D eigenvalue weighted by Gasteiger charge is 2.32. The fraction of sp³-hybridized carbons (Fsp3) is 0.385. The number of rotatable bonds is 16. The molecule has 4 atom stereocenters. The molecule has 3 aromatic rings. The number of aromatic amines is 2. The number of para-hydroxylation sites is 1. The molecule has 0 spiro atoms. The molecule has 1 aromatic carbocycles. The summed E-state index contributed by atoms with van der Waals surface area (Å²) in [5, 5.41) is 18.0. The van der Waals surface area contributed by atoms with E-state index < -0.39 is 60.2 Å². The summed E-state index contributed by atoms with van der Waals surface area (Å²) in [4.78, 5) is 72.8. The van der Waals surface area contributed by atoms with Crippen molar-refractivity contribution in [1.29, 1.82) is 0 Å². The van der Waals surface area contributed by atoms with E-state index in [1.807, 2.05) is 30.5 Å². The summed E-state index contributed by atoms with van der Waals surface area (Å²) in [6.07, 6.45) is 6.07. The Hall–Kier alpha value is -4.37. The van der Waals surface area contributed by atoms with Gasteiger partial charge in [-0.25, -0.2) is 9.78 Å². The van der Waals surface area contributed by atoms with Crippen molar-refractivity contribution in [2.45, 2.75) is 49.9 Å². The minimum Gasteiger partial charge on any atom is -0.480 e. The minimum atomic E-state index is -1.40. The van der Waals surface area contributed by atoms with Crippen LogP contribution in [-0.4, -0.2) is 85.8 Å². The van der Waals surface area contributed by atoms with E-state index in [2.05, 4.69) is 30.9 Å². The van der Waals surface area contributed by atoms with Crippen LogP contribution >= 0.6 is 11.8 Å². The monoisotopic (exact) mass is 586 g/mol. The molecule has 2 aromatic heterocycles. The molecule has 0 bridgehead atoms. The zero-order valence-electron chi connectivity index (χ0n) is 22.4. The molecule has 0 radical (unpaired) electrons. The Kier molecular flexibility index (Phi) is 11.3. The van der Waals surface area contributed by atoms with Crippen molar-refractivity contribution >= 4 is 52.3 Å². The smallest absolute Gasteiger partial charge is 0.326 e. The Labute approximate surface area is 239 Å². The maximum absolute atomic E-state index is 13.5. The number of carbonyl (C=O) groups is 5. The number of hydrogen-bond acceptors (Lipinski definition) is 8. The number of imidazole rings is 1. The molecule has 0 aliphatic heterocycles. The maximum Gasteiger partial charge on any atom is 0.326 e. The third-order valence-electron chi connectivity index (χ3n) is 6.33. The van der Waals surface area contributed by atoms with Crippen LogP contribution in [0, 0.1) is 0 Å². The molecule has 15 heteroatoms. The van der Waals surface area contributed by atoms with Crippen molar-refractivity contribution in [3.8, 4) is 0 Å². The normalized spacial score (nSPS) is 14.0. The summed E-state index contributed by atoms with van der Waals surface area (Å²) < 4.78 is 0. The molecule has 220 valence electrons. The van der Waals surface area contributed by atoms with Crippen LogP contribution in [0.15, 0.2) is 43.0 Å². The lowest BCUT2D eigenvalue weighted by molar-refractivity contribution is -0.142. The van der Waals surface area contributed by atoms with E-state index >= 15 is 0 Å². The van der Waals surface area contributed by atoms with Gasteiger partial charge in [-0.05, 0) is 30.1 Å². The van der Waals surface area contributed by atoms with Gasteiger partial charge in [0.2, 0.25) is 23.6 Å². The van der Waals surface area contributed by atoms with Crippen LogP contribution in [0.25, 0.3) is 10.9 Å².